The van der Waals surface area contributed by atoms with E-state index in [1.54, 1.807) is 24.3 Å². The van der Waals surface area contributed by atoms with Crippen LogP contribution in [0.4, 0.5) is 0 Å². The van der Waals surface area contributed by atoms with Gasteiger partial charge in [0.25, 0.3) is 0 Å². The summed E-state index contributed by atoms with van der Waals surface area (Å²) in [6, 6.07) is 6.83. The summed E-state index contributed by atoms with van der Waals surface area (Å²) in [6.45, 7) is 0. The molecular formula is C10H12BrNO2S. The number of rotatable bonds is 3. The van der Waals surface area contributed by atoms with E-state index in [-0.39, 0.29) is 5.75 Å². The molecule has 0 spiro atoms. The average Bonchev–Trinajstić information content (AvgIpc) is 2.82. The molecule has 0 atom stereocenters. The highest BCUT2D eigenvalue weighted by Crippen LogP contribution is 2.36. The number of nitrogens with two attached hydrogens (primary N) is 1. The normalized spacial score (nSPS) is 18.8. The summed E-state index contributed by atoms with van der Waals surface area (Å²) < 4.78 is 24.6. The van der Waals surface area contributed by atoms with Gasteiger partial charge >= 0.3 is 0 Å². The molecule has 0 aromatic heterocycles. The van der Waals surface area contributed by atoms with Crippen molar-refractivity contribution in [3.63, 3.8) is 0 Å². The molecule has 2 N–H and O–H groups in total. The van der Waals surface area contributed by atoms with Crippen molar-refractivity contribution < 1.29 is 8.42 Å². The Morgan fingerprint density at radius 1 is 1.33 bits per heavy atom. The fourth-order valence-corrected chi connectivity index (χ4v) is 4.33. The molecule has 0 amide bonds. The quantitative estimate of drug-likeness (QED) is 0.922. The zero-order chi connectivity index (χ0) is 11.1. The number of hydrogen-bond acceptors (Lipinski definition) is 3. The number of benzene rings is 1. The molecule has 1 saturated carbocycles. The first-order valence-corrected chi connectivity index (χ1v) is 7.14. The van der Waals surface area contributed by atoms with Gasteiger partial charge < -0.3 is 5.73 Å². The van der Waals surface area contributed by atoms with E-state index in [1.165, 1.54) is 0 Å². The Hall–Kier alpha value is -0.390. The average molecular weight is 290 g/mol. The van der Waals surface area contributed by atoms with Crippen LogP contribution in [-0.4, -0.2) is 19.7 Å². The van der Waals surface area contributed by atoms with Crippen LogP contribution in [0.15, 0.2) is 33.6 Å². The summed E-state index contributed by atoms with van der Waals surface area (Å²) in [7, 11) is -3.26. The number of hydrogen-bond donors (Lipinski definition) is 1. The number of sulfone groups is 1. The van der Waals surface area contributed by atoms with Crippen LogP contribution in [0.3, 0.4) is 0 Å². The molecule has 1 aromatic rings. The molecule has 0 unspecified atom stereocenters. The van der Waals surface area contributed by atoms with Gasteiger partial charge in [0.05, 0.1) is 10.6 Å². The highest BCUT2D eigenvalue weighted by molar-refractivity contribution is 9.10. The van der Waals surface area contributed by atoms with Gasteiger partial charge in [0.2, 0.25) is 0 Å². The second kappa shape index (κ2) is 3.57. The van der Waals surface area contributed by atoms with Gasteiger partial charge in [0.1, 0.15) is 0 Å². The summed E-state index contributed by atoms with van der Waals surface area (Å²) >= 11 is 3.24. The molecule has 0 heterocycles. The van der Waals surface area contributed by atoms with Crippen molar-refractivity contribution in [2.75, 3.05) is 5.75 Å². The number of halogens is 1. The minimum atomic E-state index is -3.26. The molecule has 15 heavy (non-hydrogen) atoms. The van der Waals surface area contributed by atoms with E-state index in [1.807, 2.05) is 0 Å². The Balaban J connectivity index is 2.33. The molecule has 82 valence electrons. The fourth-order valence-electron chi connectivity index (χ4n) is 1.46. The van der Waals surface area contributed by atoms with Gasteiger partial charge in [-0.1, -0.05) is 12.1 Å². The van der Waals surface area contributed by atoms with E-state index in [0.717, 1.165) is 12.8 Å². The molecule has 0 radical (unpaired) electrons. The Morgan fingerprint density at radius 3 is 2.47 bits per heavy atom. The lowest BCUT2D eigenvalue weighted by atomic mass is 10.4. The van der Waals surface area contributed by atoms with E-state index in [0.29, 0.717) is 9.37 Å². The standard InChI is InChI=1S/C10H12BrNO2S/c11-8-3-1-2-4-9(8)15(13,14)7-10(12)5-6-10/h1-4H,5-7,12H2. The third-order valence-corrected chi connectivity index (χ3v) is 5.48. The zero-order valence-electron chi connectivity index (χ0n) is 8.11. The van der Waals surface area contributed by atoms with Crippen LogP contribution in [0.2, 0.25) is 0 Å². The summed E-state index contributed by atoms with van der Waals surface area (Å²) in [5.41, 5.74) is 5.35. The minimum absolute atomic E-state index is 0.0443. The topological polar surface area (TPSA) is 60.2 Å². The Labute approximate surface area is 97.7 Å². The van der Waals surface area contributed by atoms with Gasteiger partial charge in [0.15, 0.2) is 9.84 Å². The van der Waals surface area contributed by atoms with Crippen LogP contribution in [0, 0.1) is 0 Å². The molecule has 5 heteroatoms. The van der Waals surface area contributed by atoms with E-state index in [2.05, 4.69) is 15.9 Å². The lowest BCUT2D eigenvalue weighted by molar-refractivity contribution is 0.585. The van der Waals surface area contributed by atoms with Crippen molar-refractivity contribution in [1.29, 1.82) is 0 Å². The third kappa shape index (κ3) is 2.41. The summed E-state index contributed by atoms with van der Waals surface area (Å²) in [5.74, 6) is 0.0443. The first-order valence-electron chi connectivity index (χ1n) is 4.69. The molecule has 0 bridgehead atoms. The van der Waals surface area contributed by atoms with Crippen molar-refractivity contribution in [3.8, 4) is 0 Å². The lowest BCUT2D eigenvalue weighted by Gasteiger charge is -2.10. The molecule has 3 nitrogen and oxygen atoms in total. The third-order valence-electron chi connectivity index (χ3n) is 2.54. The van der Waals surface area contributed by atoms with E-state index in [9.17, 15) is 8.42 Å². The van der Waals surface area contributed by atoms with Crippen molar-refractivity contribution in [2.24, 2.45) is 5.73 Å². The van der Waals surface area contributed by atoms with Crippen LogP contribution in [0.1, 0.15) is 12.8 Å². The Morgan fingerprint density at radius 2 is 1.93 bits per heavy atom. The molecule has 1 aliphatic carbocycles. The van der Waals surface area contributed by atoms with Crippen LogP contribution >= 0.6 is 15.9 Å². The van der Waals surface area contributed by atoms with Crippen molar-refractivity contribution in [3.05, 3.63) is 28.7 Å². The predicted molar refractivity (Wildman–Crippen MR) is 62.3 cm³/mol. The van der Waals surface area contributed by atoms with Crippen molar-refractivity contribution >= 4 is 25.8 Å². The fraction of sp³-hybridized carbons (Fsp3) is 0.400. The molecule has 2 rings (SSSR count). The van der Waals surface area contributed by atoms with Gasteiger partial charge in [-0.25, -0.2) is 8.42 Å². The lowest BCUT2D eigenvalue weighted by Crippen LogP contribution is -2.31. The highest BCUT2D eigenvalue weighted by atomic mass is 79.9. The van der Waals surface area contributed by atoms with E-state index < -0.39 is 15.4 Å². The molecule has 1 aliphatic rings. The summed E-state index contributed by atoms with van der Waals surface area (Å²) in [6.07, 6.45) is 1.60. The van der Waals surface area contributed by atoms with Gasteiger partial charge in [-0.05, 0) is 40.9 Å². The van der Waals surface area contributed by atoms with E-state index in [4.69, 9.17) is 5.73 Å². The zero-order valence-corrected chi connectivity index (χ0v) is 10.5. The first-order chi connectivity index (χ1) is 6.93. The molecule has 0 aliphatic heterocycles. The van der Waals surface area contributed by atoms with Crippen molar-refractivity contribution in [2.45, 2.75) is 23.3 Å². The maximum atomic E-state index is 12.0. The highest BCUT2D eigenvalue weighted by Gasteiger charge is 2.43. The Bertz CT molecular complexity index is 480. The maximum absolute atomic E-state index is 12.0. The van der Waals surface area contributed by atoms with Crippen LogP contribution in [0.5, 0.6) is 0 Å². The Kier molecular flexibility index (Phi) is 2.65. The maximum Gasteiger partial charge on any atom is 0.181 e. The summed E-state index contributed by atoms with van der Waals surface area (Å²) in [4.78, 5) is 0.335. The second-order valence-corrected chi connectivity index (χ2v) is 6.86. The van der Waals surface area contributed by atoms with Gasteiger partial charge in [0, 0.05) is 10.0 Å². The predicted octanol–water partition coefficient (Wildman–Crippen LogP) is 1.71. The van der Waals surface area contributed by atoms with Gasteiger partial charge in [-0.15, -0.1) is 0 Å². The van der Waals surface area contributed by atoms with Crippen LogP contribution in [0.25, 0.3) is 0 Å². The molecule has 1 fully saturated rings. The first kappa shape index (κ1) is 11.1. The minimum Gasteiger partial charge on any atom is -0.324 e. The smallest absolute Gasteiger partial charge is 0.181 e. The monoisotopic (exact) mass is 289 g/mol. The van der Waals surface area contributed by atoms with Crippen molar-refractivity contribution in [1.82, 2.24) is 0 Å². The largest absolute Gasteiger partial charge is 0.324 e. The molecule has 0 saturated heterocycles. The summed E-state index contributed by atoms with van der Waals surface area (Å²) in [5, 5.41) is 0. The van der Waals surface area contributed by atoms with Gasteiger partial charge in [-0.3, -0.25) is 0 Å². The molecular weight excluding hydrogens is 278 g/mol. The van der Waals surface area contributed by atoms with Crippen LogP contribution in [-0.2, 0) is 9.84 Å². The molecule has 1 aromatic carbocycles. The van der Waals surface area contributed by atoms with Gasteiger partial charge in [-0.2, -0.15) is 0 Å². The van der Waals surface area contributed by atoms with E-state index >= 15 is 0 Å². The second-order valence-electron chi connectivity index (χ2n) is 4.05. The SMILES string of the molecule is NC1(CS(=O)(=O)c2ccccc2Br)CC1. The van der Waals surface area contributed by atoms with Crippen LogP contribution < -0.4 is 5.73 Å².